The van der Waals surface area contributed by atoms with Gasteiger partial charge in [-0.2, -0.15) is 5.10 Å². The molecule has 0 unspecified atom stereocenters. The van der Waals surface area contributed by atoms with Gasteiger partial charge < -0.3 is 10.6 Å². The predicted octanol–water partition coefficient (Wildman–Crippen LogP) is 3.28. The first kappa shape index (κ1) is 17.4. The zero-order valence-corrected chi connectivity index (χ0v) is 14.4. The largest absolute Gasteiger partial charge is 0.341 e. The normalized spacial score (nSPS) is 11.6. The summed E-state index contributed by atoms with van der Waals surface area (Å²) < 4.78 is 0. The molecule has 1 aromatic heterocycles. The number of amides is 2. The summed E-state index contributed by atoms with van der Waals surface area (Å²) in [4.78, 5) is 24.6. The molecule has 26 heavy (non-hydrogen) atoms. The summed E-state index contributed by atoms with van der Waals surface area (Å²) in [5.41, 5.74) is 3.27. The Morgan fingerprint density at radius 3 is 2.38 bits per heavy atom. The number of H-pyrrole nitrogens is 1. The van der Waals surface area contributed by atoms with Gasteiger partial charge >= 0.3 is 0 Å². The molecule has 0 radical (unpaired) electrons. The second-order valence-electron chi connectivity index (χ2n) is 5.80. The average Bonchev–Trinajstić information content (AvgIpc) is 3.22. The zero-order valence-electron chi connectivity index (χ0n) is 14.4. The molecule has 1 atom stereocenters. The van der Waals surface area contributed by atoms with Crippen LogP contribution in [0.25, 0.3) is 11.3 Å². The van der Waals surface area contributed by atoms with E-state index in [0.29, 0.717) is 12.1 Å². The lowest BCUT2D eigenvalue weighted by Crippen LogP contribution is -2.36. The average molecular weight is 348 g/mol. The van der Waals surface area contributed by atoms with E-state index in [0.717, 1.165) is 16.8 Å². The number of hydrogen-bond donors (Lipinski definition) is 3. The van der Waals surface area contributed by atoms with E-state index >= 15 is 0 Å². The number of hydrogen-bond acceptors (Lipinski definition) is 3. The van der Waals surface area contributed by atoms with E-state index in [1.54, 1.807) is 13.1 Å². The number of aromatic amines is 1. The number of carbonyl (C=O) groups is 2. The van der Waals surface area contributed by atoms with Gasteiger partial charge in [-0.1, -0.05) is 49.4 Å². The van der Waals surface area contributed by atoms with E-state index in [1.165, 1.54) is 0 Å². The van der Waals surface area contributed by atoms with E-state index in [9.17, 15) is 9.59 Å². The van der Waals surface area contributed by atoms with E-state index in [1.807, 2.05) is 60.7 Å². The summed E-state index contributed by atoms with van der Waals surface area (Å²) in [6.45, 7) is 1.75. The Kier molecular flexibility index (Phi) is 5.43. The summed E-state index contributed by atoms with van der Waals surface area (Å²) in [7, 11) is 0. The van der Waals surface area contributed by atoms with Crippen LogP contribution in [0.1, 0.15) is 24.9 Å². The van der Waals surface area contributed by atoms with Crippen LogP contribution in [0.15, 0.2) is 66.9 Å². The van der Waals surface area contributed by atoms with Gasteiger partial charge in [0.25, 0.3) is 5.91 Å². The molecule has 3 aromatic rings. The lowest BCUT2D eigenvalue weighted by molar-refractivity contribution is -0.126. The number of nitrogens with one attached hydrogen (secondary N) is 3. The third-order valence-corrected chi connectivity index (χ3v) is 3.99. The summed E-state index contributed by atoms with van der Waals surface area (Å²) in [6.07, 6.45) is 2.00. The molecule has 2 amide bonds. The summed E-state index contributed by atoms with van der Waals surface area (Å²) >= 11 is 0. The van der Waals surface area contributed by atoms with Crippen LogP contribution < -0.4 is 10.6 Å². The SMILES string of the molecule is CCC(=O)N[C@H](C(=O)Nc1ccc(-c2ccn[nH]2)cc1)c1ccccc1. The van der Waals surface area contributed by atoms with Gasteiger partial charge in [-0.25, -0.2) is 0 Å². The predicted molar refractivity (Wildman–Crippen MR) is 100 cm³/mol. The molecule has 0 saturated carbocycles. The van der Waals surface area contributed by atoms with Crippen LogP contribution in [0.4, 0.5) is 5.69 Å². The Morgan fingerprint density at radius 1 is 1.04 bits per heavy atom. The number of aromatic nitrogens is 2. The molecule has 132 valence electrons. The standard InChI is InChI=1S/C20H20N4O2/c1-2-18(25)23-19(15-6-4-3-5-7-15)20(26)22-16-10-8-14(9-11-16)17-12-13-21-24-17/h3-13,19H,2H2,1H3,(H,21,24)(H,22,26)(H,23,25)/t19-/m0/s1. The minimum absolute atomic E-state index is 0.177. The highest BCUT2D eigenvalue weighted by Gasteiger charge is 2.22. The van der Waals surface area contributed by atoms with Gasteiger partial charge in [-0.15, -0.1) is 0 Å². The maximum absolute atomic E-state index is 12.7. The minimum Gasteiger partial charge on any atom is -0.341 e. The maximum atomic E-state index is 12.7. The van der Waals surface area contributed by atoms with Crippen molar-refractivity contribution in [1.82, 2.24) is 15.5 Å². The highest BCUT2D eigenvalue weighted by molar-refractivity contribution is 5.98. The highest BCUT2D eigenvalue weighted by Crippen LogP contribution is 2.20. The number of anilines is 1. The Labute approximate surface area is 151 Å². The number of carbonyl (C=O) groups excluding carboxylic acids is 2. The van der Waals surface area contributed by atoms with Crippen molar-refractivity contribution in [2.24, 2.45) is 0 Å². The first-order valence-electron chi connectivity index (χ1n) is 8.42. The van der Waals surface area contributed by atoms with Crippen LogP contribution in [0, 0.1) is 0 Å². The molecule has 3 rings (SSSR count). The van der Waals surface area contributed by atoms with Crippen molar-refractivity contribution in [2.45, 2.75) is 19.4 Å². The molecule has 0 aliphatic heterocycles. The first-order valence-corrected chi connectivity index (χ1v) is 8.42. The van der Waals surface area contributed by atoms with E-state index < -0.39 is 6.04 Å². The first-order chi connectivity index (χ1) is 12.7. The topological polar surface area (TPSA) is 86.9 Å². The maximum Gasteiger partial charge on any atom is 0.251 e. The number of nitrogens with zero attached hydrogens (tertiary/aromatic N) is 1. The Morgan fingerprint density at radius 2 is 1.77 bits per heavy atom. The molecular weight excluding hydrogens is 328 g/mol. The van der Waals surface area contributed by atoms with Crippen LogP contribution in [-0.2, 0) is 9.59 Å². The smallest absolute Gasteiger partial charge is 0.251 e. The monoisotopic (exact) mass is 348 g/mol. The molecule has 2 aromatic carbocycles. The van der Waals surface area contributed by atoms with Crippen molar-refractivity contribution in [3.63, 3.8) is 0 Å². The zero-order chi connectivity index (χ0) is 18.4. The quantitative estimate of drug-likeness (QED) is 0.639. The summed E-state index contributed by atoms with van der Waals surface area (Å²) in [5, 5.41) is 12.5. The Balaban J connectivity index is 1.75. The molecule has 1 heterocycles. The fourth-order valence-electron chi connectivity index (χ4n) is 2.57. The molecule has 0 bridgehead atoms. The van der Waals surface area contributed by atoms with Crippen molar-refractivity contribution < 1.29 is 9.59 Å². The molecule has 6 heteroatoms. The fraction of sp³-hybridized carbons (Fsp3) is 0.150. The van der Waals surface area contributed by atoms with Crippen LogP contribution in [0.5, 0.6) is 0 Å². The van der Waals surface area contributed by atoms with Crippen LogP contribution in [0.2, 0.25) is 0 Å². The van der Waals surface area contributed by atoms with E-state index in [4.69, 9.17) is 0 Å². The fourth-order valence-corrected chi connectivity index (χ4v) is 2.57. The molecule has 3 N–H and O–H groups in total. The number of rotatable bonds is 6. The molecule has 0 spiro atoms. The molecule has 0 aliphatic rings. The molecule has 6 nitrogen and oxygen atoms in total. The van der Waals surface area contributed by atoms with Crippen molar-refractivity contribution >= 4 is 17.5 Å². The lowest BCUT2D eigenvalue weighted by atomic mass is 10.1. The van der Waals surface area contributed by atoms with Gasteiger partial charge in [0.15, 0.2) is 0 Å². The van der Waals surface area contributed by atoms with Gasteiger partial charge in [-0.05, 0) is 29.3 Å². The van der Waals surface area contributed by atoms with Crippen LogP contribution >= 0.6 is 0 Å². The van der Waals surface area contributed by atoms with Crippen LogP contribution in [-0.4, -0.2) is 22.0 Å². The van der Waals surface area contributed by atoms with Crippen molar-refractivity contribution in [2.75, 3.05) is 5.32 Å². The van der Waals surface area contributed by atoms with Gasteiger partial charge in [0, 0.05) is 18.3 Å². The van der Waals surface area contributed by atoms with Gasteiger partial charge in [0.05, 0.1) is 5.69 Å². The Hall–Kier alpha value is -3.41. The molecular formula is C20H20N4O2. The molecule has 0 aliphatic carbocycles. The van der Waals surface area contributed by atoms with Crippen LogP contribution in [0.3, 0.4) is 0 Å². The highest BCUT2D eigenvalue weighted by atomic mass is 16.2. The van der Waals surface area contributed by atoms with Crippen molar-refractivity contribution in [3.05, 3.63) is 72.4 Å². The summed E-state index contributed by atoms with van der Waals surface area (Å²) in [6, 6.07) is 17.7. The number of benzene rings is 2. The molecule has 0 saturated heterocycles. The van der Waals surface area contributed by atoms with E-state index in [-0.39, 0.29) is 11.8 Å². The van der Waals surface area contributed by atoms with Gasteiger partial charge in [0.1, 0.15) is 6.04 Å². The third kappa shape index (κ3) is 4.16. The van der Waals surface area contributed by atoms with Gasteiger partial charge in [0.2, 0.25) is 5.91 Å². The third-order valence-electron chi connectivity index (χ3n) is 3.99. The second kappa shape index (κ2) is 8.11. The van der Waals surface area contributed by atoms with Crippen molar-refractivity contribution in [3.8, 4) is 11.3 Å². The second-order valence-corrected chi connectivity index (χ2v) is 5.80. The summed E-state index contributed by atoms with van der Waals surface area (Å²) in [5.74, 6) is -0.462. The minimum atomic E-state index is -0.740. The van der Waals surface area contributed by atoms with E-state index in [2.05, 4.69) is 20.8 Å². The molecule has 0 fully saturated rings. The lowest BCUT2D eigenvalue weighted by Gasteiger charge is -2.18. The Bertz CT molecular complexity index is 859. The van der Waals surface area contributed by atoms with Crippen molar-refractivity contribution in [1.29, 1.82) is 0 Å². The van der Waals surface area contributed by atoms with Gasteiger partial charge in [-0.3, -0.25) is 14.7 Å².